The molecule has 0 spiro atoms. The summed E-state index contributed by atoms with van der Waals surface area (Å²) in [7, 11) is 0. The van der Waals surface area contributed by atoms with Crippen LogP contribution >= 0.6 is 0 Å². The van der Waals surface area contributed by atoms with Gasteiger partial charge in [0.1, 0.15) is 0 Å². The maximum Gasteiger partial charge on any atom is 0.0810 e. The number of unbranched alkanes of at least 4 members (excludes halogenated alkanes) is 10. The Bertz CT molecular complexity index is 144. The summed E-state index contributed by atoms with van der Waals surface area (Å²) in [6.07, 6.45) is 17.8. The molecule has 0 aliphatic carbocycles. The van der Waals surface area contributed by atoms with Crippen molar-refractivity contribution in [3.05, 3.63) is 0 Å². The summed E-state index contributed by atoms with van der Waals surface area (Å²) in [6.45, 7) is 3.32. The van der Waals surface area contributed by atoms with Gasteiger partial charge in [-0.05, 0) is 6.42 Å². The van der Waals surface area contributed by atoms with E-state index in [1.165, 1.54) is 77.0 Å². The van der Waals surface area contributed by atoms with Crippen LogP contribution in [-0.2, 0) is 4.74 Å². The monoisotopic (exact) mass is 244 g/mol. The molecule has 1 aliphatic heterocycles. The summed E-state index contributed by atoms with van der Waals surface area (Å²) in [5, 5.41) is 0. The summed E-state index contributed by atoms with van der Waals surface area (Å²) < 4.78 is 5.20. The maximum atomic E-state index is 5.20. The van der Waals surface area contributed by atoms with E-state index >= 15 is 0 Å². The molecular formula is C15H32O2. The largest absolute Gasteiger partial charge is 0.412 e. The summed E-state index contributed by atoms with van der Waals surface area (Å²) in [4.78, 5) is 0. The Morgan fingerprint density at radius 3 is 1.59 bits per heavy atom. The van der Waals surface area contributed by atoms with Gasteiger partial charge in [-0.3, -0.25) is 0 Å². The molecule has 0 aromatic carbocycles. The molecule has 17 heavy (non-hydrogen) atoms. The lowest BCUT2D eigenvalue weighted by molar-refractivity contribution is 0.387. The molecule has 1 saturated heterocycles. The van der Waals surface area contributed by atoms with Gasteiger partial charge in [-0.15, -0.1) is 0 Å². The molecule has 1 rings (SSSR count). The highest BCUT2D eigenvalue weighted by atomic mass is 16.6. The molecule has 0 aromatic rings. The number of ether oxygens (including phenoxy) is 1. The minimum Gasteiger partial charge on any atom is -0.412 e. The molecule has 0 radical (unpaired) electrons. The van der Waals surface area contributed by atoms with Crippen molar-refractivity contribution >= 4 is 0 Å². The van der Waals surface area contributed by atoms with E-state index in [4.69, 9.17) is 4.74 Å². The quantitative estimate of drug-likeness (QED) is 0.373. The van der Waals surface area contributed by atoms with E-state index in [1.54, 1.807) is 0 Å². The first-order valence-electron chi connectivity index (χ1n) is 7.55. The topological polar surface area (TPSA) is 44.0 Å². The van der Waals surface area contributed by atoms with E-state index in [0.29, 0.717) is 6.10 Å². The van der Waals surface area contributed by atoms with E-state index in [-0.39, 0.29) is 5.48 Å². The first kappa shape index (κ1) is 16.9. The second kappa shape index (κ2) is 12.4. The van der Waals surface area contributed by atoms with Gasteiger partial charge in [0.2, 0.25) is 0 Å². The molecule has 104 valence electrons. The lowest BCUT2D eigenvalue weighted by Crippen LogP contribution is -1.86. The summed E-state index contributed by atoms with van der Waals surface area (Å²) in [6, 6.07) is 0. The fourth-order valence-electron chi connectivity index (χ4n) is 2.27. The Balaban J connectivity index is 0.00000256. The van der Waals surface area contributed by atoms with Crippen LogP contribution in [0.25, 0.3) is 0 Å². The summed E-state index contributed by atoms with van der Waals surface area (Å²) in [5.41, 5.74) is 0. The van der Waals surface area contributed by atoms with Crippen LogP contribution < -0.4 is 0 Å². The second-order valence-electron chi connectivity index (χ2n) is 5.28. The van der Waals surface area contributed by atoms with Crippen molar-refractivity contribution in [2.45, 2.75) is 90.1 Å². The molecule has 2 N–H and O–H groups in total. The predicted octanol–water partition coefficient (Wildman–Crippen LogP) is 4.26. The third-order valence-electron chi connectivity index (χ3n) is 3.53. The molecular weight excluding hydrogens is 212 g/mol. The van der Waals surface area contributed by atoms with Gasteiger partial charge in [0, 0.05) is 0 Å². The van der Waals surface area contributed by atoms with Crippen molar-refractivity contribution in [1.29, 1.82) is 0 Å². The molecule has 1 unspecified atom stereocenters. The van der Waals surface area contributed by atoms with Crippen LogP contribution in [0.4, 0.5) is 0 Å². The van der Waals surface area contributed by atoms with Gasteiger partial charge in [0.25, 0.3) is 0 Å². The second-order valence-corrected chi connectivity index (χ2v) is 5.28. The smallest absolute Gasteiger partial charge is 0.0810 e. The molecule has 1 fully saturated rings. The van der Waals surface area contributed by atoms with E-state index in [9.17, 15) is 0 Å². The number of epoxide rings is 1. The van der Waals surface area contributed by atoms with Gasteiger partial charge in [-0.25, -0.2) is 0 Å². The van der Waals surface area contributed by atoms with Gasteiger partial charge < -0.3 is 10.2 Å². The van der Waals surface area contributed by atoms with Crippen molar-refractivity contribution < 1.29 is 10.2 Å². The SMILES string of the molecule is CCCCCCCCCCCCCC1CO1.O. The minimum atomic E-state index is 0. The van der Waals surface area contributed by atoms with Crippen molar-refractivity contribution in [2.24, 2.45) is 0 Å². The molecule has 1 atom stereocenters. The number of hydrogen-bond donors (Lipinski definition) is 0. The van der Waals surface area contributed by atoms with Gasteiger partial charge in [-0.1, -0.05) is 77.6 Å². The van der Waals surface area contributed by atoms with Gasteiger partial charge in [0.15, 0.2) is 0 Å². The lowest BCUT2D eigenvalue weighted by atomic mass is 10.0. The molecule has 0 amide bonds. The zero-order valence-corrected chi connectivity index (χ0v) is 11.7. The van der Waals surface area contributed by atoms with Crippen LogP contribution in [0.1, 0.15) is 84.0 Å². The third kappa shape index (κ3) is 12.2. The van der Waals surface area contributed by atoms with Crippen LogP contribution in [0.3, 0.4) is 0 Å². The Morgan fingerprint density at radius 1 is 0.765 bits per heavy atom. The first-order chi connectivity index (χ1) is 7.93. The lowest BCUT2D eigenvalue weighted by Gasteiger charge is -2.01. The van der Waals surface area contributed by atoms with Crippen LogP contribution in [0.2, 0.25) is 0 Å². The fourth-order valence-corrected chi connectivity index (χ4v) is 2.27. The highest BCUT2D eigenvalue weighted by Crippen LogP contribution is 2.18. The van der Waals surface area contributed by atoms with E-state index in [1.807, 2.05) is 0 Å². The van der Waals surface area contributed by atoms with Gasteiger partial charge in [0.05, 0.1) is 12.7 Å². The highest BCUT2D eigenvalue weighted by Gasteiger charge is 2.20. The standard InChI is InChI=1S/C15H30O.H2O/c1-2-3-4-5-6-7-8-9-10-11-12-13-15-14-16-15;/h15H,2-14H2,1H3;1H2. The van der Waals surface area contributed by atoms with Crippen molar-refractivity contribution in [1.82, 2.24) is 0 Å². The molecule has 1 heterocycles. The molecule has 0 saturated carbocycles. The number of rotatable bonds is 12. The van der Waals surface area contributed by atoms with Crippen LogP contribution in [0.5, 0.6) is 0 Å². The molecule has 0 aromatic heterocycles. The fraction of sp³-hybridized carbons (Fsp3) is 1.00. The van der Waals surface area contributed by atoms with Crippen molar-refractivity contribution in [3.63, 3.8) is 0 Å². The van der Waals surface area contributed by atoms with E-state index in [0.717, 1.165) is 6.61 Å². The average Bonchev–Trinajstić information content (AvgIpc) is 3.10. The van der Waals surface area contributed by atoms with Crippen LogP contribution in [0, 0.1) is 0 Å². The van der Waals surface area contributed by atoms with Crippen LogP contribution in [-0.4, -0.2) is 18.2 Å². The predicted molar refractivity (Wildman–Crippen MR) is 74.4 cm³/mol. The van der Waals surface area contributed by atoms with E-state index in [2.05, 4.69) is 6.92 Å². The molecule has 0 bridgehead atoms. The van der Waals surface area contributed by atoms with Crippen LogP contribution in [0.15, 0.2) is 0 Å². The maximum absolute atomic E-state index is 5.20. The molecule has 2 heteroatoms. The van der Waals surface area contributed by atoms with E-state index < -0.39 is 0 Å². The van der Waals surface area contributed by atoms with Gasteiger partial charge >= 0.3 is 0 Å². The summed E-state index contributed by atoms with van der Waals surface area (Å²) >= 11 is 0. The Labute approximate surface area is 107 Å². The third-order valence-corrected chi connectivity index (χ3v) is 3.53. The molecule has 2 nitrogen and oxygen atoms in total. The summed E-state index contributed by atoms with van der Waals surface area (Å²) in [5.74, 6) is 0. The minimum absolute atomic E-state index is 0. The van der Waals surface area contributed by atoms with Crippen molar-refractivity contribution in [2.75, 3.05) is 6.61 Å². The number of hydrogen-bond acceptors (Lipinski definition) is 1. The van der Waals surface area contributed by atoms with Gasteiger partial charge in [-0.2, -0.15) is 0 Å². The first-order valence-corrected chi connectivity index (χ1v) is 7.55. The van der Waals surface area contributed by atoms with Crippen molar-refractivity contribution in [3.8, 4) is 0 Å². The normalized spacial score (nSPS) is 17.8. The Kier molecular flexibility index (Phi) is 12.3. The highest BCUT2D eigenvalue weighted by molar-refractivity contribution is 4.68. The Hall–Kier alpha value is -0.0800. The molecule has 1 aliphatic rings. The zero-order chi connectivity index (χ0) is 11.5. The zero-order valence-electron chi connectivity index (χ0n) is 11.7. The average molecular weight is 244 g/mol. The Morgan fingerprint density at radius 2 is 1.18 bits per heavy atom.